The van der Waals surface area contributed by atoms with Crippen molar-refractivity contribution in [3.8, 4) is 0 Å². The van der Waals surface area contributed by atoms with Crippen LogP contribution in [-0.2, 0) is 16.3 Å². The lowest BCUT2D eigenvalue weighted by molar-refractivity contribution is 0.180. The summed E-state index contributed by atoms with van der Waals surface area (Å²) < 4.78 is 38.9. The first-order chi connectivity index (χ1) is 14.9. The first-order valence-corrected chi connectivity index (χ1v) is 13.0. The summed E-state index contributed by atoms with van der Waals surface area (Å²) in [6.07, 6.45) is 6.29. The SMILES string of the molecule is C=CC(c1ccc(F)cc1)S(=O)(=O)CCC1CCN(CCCc2cccc(Cl)c2)CC1. The van der Waals surface area contributed by atoms with E-state index in [0.29, 0.717) is 17.9 Å². The Balaban J connectivity index is 1.41. The van der Waals surface area contributed by atoms with E-state index in [1.807, 2.05) is 18.2 Å². The standard InChI is InChI=1S/C25H31ClFNO2S/c1-2-25(22-8-10-24(27)11-9-22)31(29,30)18-14-20-12-16-28(17-13-20)15-4-6-21-5-3-7-23(26)19-21/h2-3,5,7-11,19-20,25H,1,4,6,12-18H2. The van der Waals surface area contributed by atoms with Crippen LogP contribution < -0.4 is 0 Å². The number of halogens is 2. The number of rotatable bonds is 10. The Morgan fingerprint density at radius 3 is 2.52 bits per heavy atom. The maximum Gasteiger partial charge on any atom is 0.160 e. The van der Waals surface area contributed by atoms with Gasteiger partial charge in [-0.15, -0.1) is 6.58 Å². The lowest BCUT2D eigenvalue weighted by Gasteiger charge is -2.32. The van der Waals surface area contributed by atoms with Crippen molar-refractivity contribution in [2.24, 2.45) is 5.92 Å². The van der Waals surface area contributed by atoms with E-state index < -0.39 is 15.1 Å². The Labute approximate surface area is 190 Å². The highest BCUT2D eigenvalue weighted by atomic mass is 35.5. The Hall–Kier alpha value is -1.69. The normalized spacial score (nSPS) is 16.8. The molecule has 6 heteroatoms. The molecular formula is C25H31ClFNO2S. The van der Waals surface area contributed by atoms with E-state index in [4.69, 9.17) is 11.6 Å². The van der Waals surface area contributed by atoms with E-state index in [0.717, 1.165) is 50.3 Å². The number of benzene rings is 2. The molecule has 0 N–H and O–H groups in total. The van der Waals surface area contributed by atoms with Crippen LogP contribution in [0.15, 0.2) is 61.2 Å². The summed E-state index contributed by atoms with van der Waals surface area (Å²) in [4.78, 5) is 2.47. The van der Waals surface area contributed by atoms with Crippen LogP contribution in [0.25, 0.3) is 0 Å². The molecule has 0 aliphatic carbocycles. The highest BCUT2D eigenvalue weighted by Crippen LogP contribution is 2.28. The molecule has 168 valence electrons. The second-order valence-electron chi connectivity index (χ2n) is 8.38. The number of nitrogens with zero attached hydrogens (tertiary/aromatic N) is 1. The molecule has 1 saturated heterocycles. The highest BCUT2D eigenvalue weighted by Gasteiger charge is 2.27. The van der Waals surface area contributed by atoms with Crippen molar-refractivity contribution in [3.05, 3.63) is 83.2 Å². The van der Waals surface area contributed by atoms with Crippen LogP contribution in [0, 0.1) is 11.7 Å². The number of hydrogen-bond donors (Lipinski definition) is 0. The summed E-state index contributed by atoms with van der Waals surface area (Å²) in [5.74, 6) is 0.196. The van der Waals surface area contributed by atoms with Crippen molar-refractivity contribution in [2.75, 3.05) is 25.4 Å². The molecule has 0 radical (unpaired) electrons. The molecule has 0 bridgehead atoms. The predicted molar refractivity (Wildman–Crippen MR) is 127 cm³/mol. The van der Waals surface area contributed by atoms with Crippen LogP contribution in [0.3, 0.4) is 0 Å². The molecule has 3 nitrogen and oxygen atoms in total. The number of aryl methyl sites for hydroxylation is 1. The van der Waals surface area contributed by atoms with Gasteiger partial charge in [-0.05, 0) is 93.0 Å². The van der Waals surface area contributed by atoms with Crippen LogP contribution in [0.1, 0.15) is 42.1 Å². The average Bonchev–Trinajstić information content (AvgIpc) is 2.75. The number of likely N-dealkylation sites (tertiary alicyclic amines) is 1. The molecule has 1 aliphatic rings. The molecule has 1 atom stereocenters. The number of sulfone groups is 1. The summed E-state index contributed by atoms with van der Waals surface area (Å²) in [6.45, 7) is 6.79. The summed E-state index contributed by atoms with van der Waals surface area (Å²) in [5, 5.41) is 0.00562. The molecule has 1 fully saturated rings. The molecule has 1 unspecified atom stereocenters. The van der Waals surface area contributed by atoms with Crippen molar-refractivity contribution >= 4 is 21.4 Å². The van der Waals surface area contributed by atoms with Crippen molar-refractivity contribution in [3.63, 3.8) is 0 Å². The average molecular weight is 464 g/mol. The van der Waals surface area contributed by atoms with Gasteiger partial charge in [0.1, 0.15) is 11.1 Å². The van der Waals surface area contributed by atoms with Crippen molar-refractivity contribution in [1.82, 2.24) is 4.90 Å². The summed E-state index contributed by atoms with van der Waals surface area (Å²) in [7, 11) is -3.36. The largest absolute Gasteiger partial charge is 0.303 e. The Morgan fingerprint density at radius 2 is 1.87 bits per heavy atom. The van der Waals surface area contributed by atoms with Gasteiger partial charge < -0.3 is 4.90 Å². The number of hydrogen-bond acceptors (Lipinski definition) is 3. The fourth-order valence-electron chi connectivity index (χ4n) is 4.30. The third kappa shape index (κ3) is 7.16. The third-order valence-electron chi connectivity index (χ3n) is 6.15. The summed E-state index contributed by atoms with van der Waals surface area (Å²) >= 11 is 6.05. The van der Waals surface area contributed by atoms with Crippen molar-refractivity contribution < 1.29 is 12.8 Å². The summed E-state index contributed by atoms with van der Waals surface area (Å²) in [6, 6.07) is 13.7. The van der Waals surface area contributed by atoms with E-state index in [2.05, 4.69) is 17.5 Å². The van der Waals surface area contributed by atoms with Gasteiger partial charge in [-0.25, -0.2) is 12.8 Å². The van der Waals surface area contributed by atoms with Gasteiger partial charge in [-0.1, -0.05) is 41.9 Å². The number of piperidine rings is 1. The lowest BCUT2D eigenvalue weighted by Crippen LogP contribution is -2.35. The minimum atomic E-state index is -3.36. The van der Waals surface area contributed by atoms with Crippen molar-refractivity contribution in [1.29, 1.82) is 0 Å². The van der Waals surface area contributed by atoms with Gasteiger partial charge in [0.15, 0.2) is 9.84 Å². The first-order valence-electron chi connectivity index (χ1n) is 10.9. The molecule has 2 aromatic carbocycles. The molecule has 0 spiro atoms. The van der Waals surface area contributed by atoms with Gasteiger partial charge in [0, 0.05) is 5.02 Å². The minimum Gasteiger partial charge on any atom is -0.303 e. The van der Waals surface area contributed by atoms with Crippen molar-refractivity contribution in [2.45, 2.75) is 37.4 Å². The quantitative estimate of drug-likeness (QED) is 0.414. The van der Waals surface area contributed by atoms with E-state index >= 15 is 0 Å². The molecule has 0 saturated carbocycles. The Morgan fingerprint density at radius 1 is 1.16 bits per heavy atom. The monoisotopic (exact) mass is 463 g/mol. The molecule has 1 heterocycles. The van der Waals surface area contributed by atoms with Gasteiger partial charge in [0.25, 0.3) is 0 Å². The van der Waals surface area contributed by atoms with E-state index in [1.54, 1.807) is 0 Å². The highest BCUT2D eigenvalue weighted by molar-refractivity contribution is 7.91. The predicted octanol–water partition coefficient (Wildman–Crippen LogP) is 5.86. The lowest BCUT2D eigenvalue weighted by atomic mass is 9.94. The molecule has 3 rings (SSSR count). The van der Waals surface area contributed by atoms with E-state index in [1.165, 1.54) is 35.9 Å². The molecule has 0 amide bonds. The van der Waals surface area contributed by atoms with Gasteiger partial charge in [-0.2, -0.15) is 0 Å². The van der Waals surface area contributed by atoms with Crippen LogP contribution in [-0.4, -0.2) is 38.7 Å². The fraction of sp³-hybridized carbons (Fsp3) is 0.440. The van der Waals surface area contributed by atoms with E-state index in [9.17, 15) is 12.8 Å². The maximum absolute atomic E-state index is 13.2. The van der Waals surface area contributed by atoms with Crippen LogP contribution >= 0.6 is 11.6 Å². The van der Waals surface area contributed by atoms with Crippen LogP contribution in [0.4, 0.5) is 4.39 Å². The van der Waals surface area contributed by atoms with Gasteiger partial charge in [0.05, 0.1) is 5.75 Å². The fourth-order valence-corrected chi connectivity index (χ4v) is 6.29. The molecule has 0 aromatic heterocycles. The molecule has 31 heavy (non-hydrogen) atoms. The van der Waals surface area contributed by atoms with Crippen LogP contribution in [0.2, 0.25) is 5.02 Å². The minimum absolute atomic E-state index is 0.139. The maximum atomic E-state index is 13.2. The van der Waals surface area contributed by atoms with Gasteiger partial charge in [0.2, 0.25) is 0 Å². The zero-order chi connectivity index (χ0) is 22.3. The zero-order valence-corrected chi connectivity index (χ0v) is 19.4. The Kier molecular flexibility index (Phi) is 8.70. The molecule has 1 aliphatic heterocycles. The van der Waals surface area contributed by atoms with E-state index in [-0.39, 0.29) is 11.6 Å². The zero-order valence-electron chi connectivity index (χ0n) is 17.8. The second kappa shape index (κ2) is 11.3. The summed E-state index contributed by atoms with van der Waals surface area (Å²) in [5.41, 5.74) is 1.84. The third-order valence-corrected chi connectivity index (χ3v) is 8.42. The first kappa shape index (κ1) is 24.0. The molecule has 2 aromatic rings. The van der Waals surface area contributed by atoms with Crippen LogP contribution in [0.5, 0.6) is 0 Å². The molecular weight excluding hydrogens is 433 g/mol. The van der Waals surface area contributed by atoms with Gasteiger partial charge >= 0.3 is 0 Å². The smallest absolute Gasteiger partial charge is 0.160 e. The second-order valence-corrected chi connectivity index (χ2v) is 11.1. The van der Waals surface area contributed by atoms with Gasteiger partial charge in [-0.3, -0.25) is 0 Å². The Bertz CT molecular complexity index is 954. The topological polar surface area (TPSA) is 37.4 Å².